The molecule has 2 saturated carbocycles. The van der Waals surface area contributed by atoms with Crippen molar-refractivity contribution >= 4 is 17.7 Å². The number of carbonyl (C=O) groups is 1. The number of thioether (sulfide) groups is 1. The van der Waals surface area contributed by atoms with Crippen molar-refractivity contribution in [3.8, 4) is 0 Å². The van der Waals surface area contributed by atoms with Crippen LogP contribution < -0.4 is 5.32 Å². The first kappa shape index (κ1) is 13.7. The van der Waals surface area contributed by atoms with Gasteiger partial charge in [0.1, 0.15) is 0 Å². The molecule has 0 spiro atoms. The molecule has 108 valence electrons. The van der Waals surface area contributed by atoms with E-state index < -0.39 is 0 Å². The number of amides is 1. The average molecular weight is 282 g/mol. The van der Waals surface area contributed by atoms with Crippen LogP contribution in [0.1, 0.15) is 51.9 Å². The molecule has 4 heteroatoms. The lowest BCUT2D eigenvalue weighted by atomic mass is 9.94. The van der Waals surface area contributed by atoms with Gasteiger partial charge in [0.25, 0.3) is 0 Å². The van der Waals surface area contributed by atoms with Crippen LogP contribution in [0.2, 0.25) is 0 Å². The number of likely N-dealkylation sites (tertiary alicyclic amines) is 1. The van der Waals surface area contributed by atoms with Gasteiger partial charge in [-0.05, 0) is 37.9 Å². The predicted octanol–water partition coefficient (Wildman–Crippen LogP) is 2.40. The van der Waals surface area contributed by atoms with E-state index in [9.17, 15) is 4.79 Å². The molecule has 0 aromatic rings. The third-order valence-corrected chi connectivity index (χ3v) is 6.05. The lowest BCUT2D eigenvalue weighted by molar-refractivity contribution is -0.130. The van der Waals surface area contributed by atoms with Crippen molar-refractivity contribution in [3.05, 3.63) is 0 Å². The van der Waals surface area contributed by atoms with E-state index >= 15 is 0 Å². The van der Waals surface area contributed by atoms with Gasteiger partial charge < -0.3 is 10.2 Å². The minimum absolute atomic E-state index is 0.114. The maximum atomic E-state index is 12.4. The van der Waals surface area contributed by atoms with Crippen molar-refractivity contribution < 1.29 is 4.79 Å². The quantitative estimate of drug-likeness (QED) is 0.840. The minimum Gasteiger partial charge on any atom is -0.338 e. The van der Waals surface area contributed by atoms with E-state index in [0.717, 1.165) is 18.2 Å². The van der Waals surface area contributed by atoms with Crippen LogP contribution in [0.4, 0.5) is 0 Å². The van der Waals surface area contributed by atoms with E-state index in [1.165, 1.54) is 44.3 Å². The summed E-state index contributed by atoms with van der Waals surface area (Å²) in [6.45, 7) is 3.23. The summed E-state index contributed by atoms with van der Waals surface area (Å²) in [5.74, 6) is 1.57. The fourth-order valence-corrected chi connectivity index (χ4v) is 4.77. The van der Waals surface area contributed by atoms with Crippen LogP contribution >= 0.6 is 11.8 Å². The average Bonchev–Trinajstić information content (AvgIpc) is 3.19. The lowest BCUT2D eigenvalue weighted by Gasteiger charge is -2.33. The van der Waals surface area contributed by atoms with Crippen molar-refractivity contribution in [1.29, 1.82) is 0 Å². The van der Waals surface area contributed by atoms with Crippen molar-refractivity contribution in [2.24, 2.45) is 0 Å². The van der Waals surface area contributed by atoms with Gasteiger partial charge in [-0.15, -0.1) is 0 Å². The van der Waals surface area contributed by atoms with Crippen molar-refractivity contribution in [2.45, 2.75) is 75.2 Å². The summed E-state index contributed by atoms with van der Waals surface area (Å²) in [4.78, 5) is 14.5. The first-order chi connectivity index (χ1) is 9.29. The molecule has 3 fully saturated rings. The summed E-state index contributed by atoms with van der Waals surface area (Å²) < 4.78 is 0. The zero-order valence-corrected chi connectivity index (χ0v) is 12.8. The third kappa shape index (κ3) is 3.10. The van der Waals surface area contributed by atoms with E-state index in [4.69, 9.17) is 0 Å². The predicted molar refractivity (Wildman–Crippen MR) is 80.5 cm³/mol. The van der Waals surface area contributed by atoms with Gasteiger partial charge in [-0.2, -0.15) is 11.8 Å². The van der Waals surface area contributed by atoms with Crippen LogP contribution in [-0.2, 0) is 4.79 Å². The molecule has 3 nitrogen and oxygen atoms in total. The SMILES string of the molecule is CCS[C@@H]1CCCC[C@@H]1N[C@H]1CCN(C2CC2)C1=O. The molecule has 1 saturated heterocycles. The van der Waals surface area contributed by atoms with Gasteiger partial charge in [-0.1, -0.05) is 19.8 Å². The highest BCUT2D eigenvalue weighted by atomic mass is 32.2. The first-order valence-electron chi connectivity index (χ1n) is 7.97. The van der Waals surface area contributed by atoms with Gasteiger partial charge in [-0.25, -0.2) is 0 Å². The number of nitrogens with zero attached hydrogens (tertiary/aromatic N) is 1. The highest BCUT2D eigenvalue weighted by molar-refractivity contribution is 7.99. The summed E-state index contributed by atoms with van der Waals surface area (Å²) in [5, 5.41) is 4.43. The number of rotatable bonds is 5. The van der Waals surface area contributed by atoms with Crippen LogP contribution in [0.15, 0.2) is 0 Å². The molecule has 1 amide bonds. The number of nitrogens with one attached hydrogen (secondary N) is 1. The normalized spacial score (nSPS) is 35.9. The Kier molecular flexibility index (Phi) is 4.37. The van der Waals surface area contributed by atoms with Crippen LogP contribution in [0.5, 0.6) is 0 Å². The smallest absolute Gasteiger partial charge is 0.240 e. The molecule has 1 N–H and O–H groups in total. The monoisotopic (exact) mass is 282 g/mol. The molecule has 3 aliphatic rings. The van der Waals surface area contributed by atoms with Crippen molar-refractivity contribution in [3.63, 3.8) is 0 Å². The molecule has 19 heavy (non-hydrogen) atoms. The second-order valence-corrected chi connectivity index (χ2v) is 7.67. The fourth-order valence-electron chi connectivity index (χ4n) is 3.56. The Morgan fingerprint density at radius 3 is 2.74 bits per heavy atom. The van der Waals surface area contributed by atoms with Gasteiger partial charge in [0.2, 0.25) is 5.91 Å². The Morgan fingerprint density at radius 2 is 2.00 bits per heavy atom. The molecular weight excluding hydrogens is 256 g/mol. The van der Waals surface area contributed by atoms with Crippen LogP contribution in [-0.4, -0.2) is 46.5 Å². The van der Waals surface area contributed by atoms with E-state index in [1.54, 1.807) is 0 Å². The van der Waals surface area contributed by atoms with E-state index in [-0.39, 0.29) is 6.04 Å². The van der Waals surface area contributed by atoms with Gasteiger partial charge in [0.15, 0.2) is 0 Å². The zero-order chi connectivity index (χ0) is 13.2. The molecule has 0 bridgehead atoms. The molecule has 0 radical (unpaired) electrons. The Hall–Kier alpha value is -0.220. The third-order valence-electron chi connectivity index (χ3n) is 4.73. The summed E-state index contributed by atoms with van der Waals surface area (Å²) in [7, 11) is 0. The minimum atomic E-state index is 0.114. The van der Waals surface area contributed by atoms with Crippen LogP contribution in [0.3, 0.4) is 0 Å². The number of carbonyl (C=O) groups excluding carboxylic acids is 1. The van der Waals surface area contributed by atoms with Crippen LogP contribution in [0, 0.1) is 0 Å². The molecule has 3 rings (SSSR count). The Labute approximate surface area is 120 Å². The Morgan fingerprint density at radius 1 is 1.21 bits per heavy atom. The van der Waals surface area contributed by atoms with Crippen molar-refractivity contribution in [1.82, 2.24) is 10.2 Å². The second kappa shape index (κ2) is 6.04. The van der Waals surface area contributed by atoms with Crippen LogP contribution in [0.25, 0.3) is 0 Å². The zero-order valence-electron chi connectivity index (χ0n) is 11.9. The molecule has 2 aliphatic carbocycles. The molecular formula is C15H26N2OS. The summed E-state index contributed by atoms with van der Waals surface area (Å²) in [6.07, 6.45) is 8.75. The van der Waals surface area contributed by atoms with E-state index in [2.05, 4.69) is 28.9 Å². The molecule has 1 aliphatic heterocycles. The van der Waals surface area contributed by atoms with Gasteiger partial charge in [-0.3, -0.25) is 4.79 Å². The topological polar surface area (TPSA) is 32.3 Å². The summed E-state index contributed by atoms with van der Waals surface area (Å²) in [6, 6.07) is 1.27. The molecule has 0 aromatic heterocycles. The van der Waals surface area contributed by atoms with Gasteiger partial charge in [0, 0.05) is 23.9 Å². The maximum Gasteiger partial charge on any atom is 0.240 e. The maximum absolute atomic E-state index is 12.4. The molecule has 3 atom stereocenters. The molecule has 0 aromatic carbocycles. The Balaban J connectivity index is 1.56. The van der Waals surface area contributed by atoms with Gasteiger partial charge in [0.05, 0.1) is 6.04 Å². The molecule has 0 unspecified atom stereocenters. The summed E-state index contributed by atoms with van der Waals surface area (Å²) >= 11 is 2.08. The summed E-state index contributed by atoms with van der Waals surface area (Å²) in [5.41, 5.74) is 0. The number of hydrogen-bond acceptors (Lipinski definition) is 3. The largest absolute Gasteiger partial charge is 0.338 e. The van der Waals surface area contributed by atoms with Crippen molar-refractivity contribution in [2.75, 3.05) is 12.3 Å². The molecule has 1 heterocycles. The lowest BCUT2D eigenvalue weighted by Crippen LogP contribution is -2.49. The highest BCUT2D eigenvalue weighted by Crippen LogP contribution is 2.33. The van der Waals surface area contributed by atoms with Gasteiger partial charge >= 0.3 is 0 Å². The Bertz CT molecular complexity index is 330. The van der Waals surface area contributed by atoms with E-state index in [0.29, 0.717) is 18.0 Å². The second-order valence-electron chi connectivity index (χ2n) is 6.16. The number of hydrogen-bond donors (Lipinski definition) is 1. The first-order valence-corrected chi connectivity index (χ1v) is 9.02. The standard InChI is InChI=1S/C15H26N2OS/c1-2-19-14-6-4-3-5-12(14)16-13-9-10-17(15(13)18)11-7-8-11/h11-14,16H,2-10H2,1H3/t12-,13-,14+/m0/s1. The fraction of sp³-hybridized carbons (Fsp3) is 0.933. The van der Waals surface area contributed by atoms with E-state index in [1.807, 2.05) is 0 Å². The highest BCUT2D eigenvalue weighted by Gasteiger charge is 2.41.